The molecule has 0 saturated carbocycles. The smallest absolute Gasteiger partial charge is 0.0623 e. The molecule has 1 aromatic carbocycles. The van der Waals surface area contributed by atoms with Crippen molar-refractivity contribution >= 4 is 47.6 Å². The molecule has 0 amide bonds. The number of rotatable bonds is 0. The van der Waals surface area contributed by atoms with Crippen LogP contribution in [-0.4, -0.2) is 18.2 Å². The van der Waals surface area contributed by atoms with Gasteiger partial charge >= 0.3 is 49.6 Å². The standard InChI is InChI=1S/C6H6.C2H7OP.2HI.Ru/c1-2-4-6-5-3-1;1-4(2)3;;;/h1-6H;3H,1-2H3;2*1H;/q;;;;+2/p-2. The molecule has 1 aromatic rings. The molecular formula is C8H13I2OPRu. The minimum absolute atomic E-state index is 0.620. The summed E-state index contributed by atoms with van der Waals surface area (Å²) in [6.45, 7) is 3.57. The number of hydrogen-bond donors (Lipinski definition) is 1. The van der Waals surface area contributed by atoms with Crippen molar-refractivity contribution in [3.63, 3.8) is 0 Å². The molecule has 0 aliphatic heterocycles. The molecule has 1 rings (SSSR count). The zero-order valence-electron chi connectivity index (χ0n) is 7.47. The van der Waals surface area contributed by atoms with E-state index >= 15 is 0 Å². The molecule has 13 heavy (non-hydrogen) atoms. The van der Waals surface area contributed by atoms with Gasteiger partial charge in [0.25, 0.3) is 0 Å². The van der Waals surface area contributed by atoms with E-state index in [9.17, 15) is 0 Å². The van der Waals surface area contributed by atoms with Gasteiger partial charge in [-0.3, -0.25) is 0 Å². The van der Waals surface area contributed by atoms with E-state index < -0.39 is 8.15 Å². The van der Waals surface area contributed by atoms with Gasteiger partial charge in [0.2, 0.25) is 0 Å². The van der Waals surface area contributed by atoms with Gasteiger partial charge in [-0.15, -0.1) is 0 Å². The molecule has 1 N–H and O–H groups in total. The Morgan fingerprint density at radius 1 is 0.923 bits per heavy atom. The van der Waals surface area contributed by atoms with Crippen molar-refractivity contribution in [1.29, 1.82) is 0 Å². The Kier molecular flexibility index (Phi) is 21.2. The topological polar surface area (TPSA) is 20.2 Å². The zero-order chi connectivity index (χ0) is 10.5. The molecular weight excluding hydrogens is 498 g/mol. The van der Waals surface area contributed by atoms with Crippen LogP contribution in [-0.2, 0) is 10.1 Å². The Hall–Kier alpha value is 1.69. The quantitative estimate of drug-likeness (QED) is 0.317. The maximum atomic E-state index is 8.12. The van der Waals surface area contributed by atoms with Gasteiger partial charge in [0, 0.05) is 8.15 Å². The molecule has 0 unspecified atom stereocenters. The Balaban J connectivity index is 0. The normalized spacial score (nSPS) is 8.15. The fraction of sp³-hybridized carbons (Fsp3) is 0.250. The maximum absolute atomic E-state index is 8.12. The van der Waals surface area contributed by atoms with Crippen LogP contribution in [0.15, 0.2) is 36.4 Å². The predicted molar refractivity (Wildman–Crippen MR) is 75.5 cm³/mol. The number of benzene rings is 1. The molecule has 0 bridgehead atoms. The van der Waals surface area contributed by atoms with Crippen molar-refractivity contribution in [3.05, 3.63) is 36.4 Å². The van der Waals surface area contributed by atoms with Crippen LogP contribution in [0.4, 0.5) is 0 Å². The van der Waals surface area contributed by atoms with Gasteiger partial charge in [0.15, 0.2) is 0 Å². The second-order valence-electron chi connectivity index (χ2n) is 2.05. The molecule has 0 atom stereocenters. The van der Waals surface area contributed by atoms with E-state index in [0.29, 0.717) is 10.1 Å². The monoisotopic (exact) mass is 512 g/mol. The van der Waals surface area contributed by atoms with Crippen LogP contribution in [0.5, 0.6) is 0 Å². The summed E-state index contributed by atoms with van der Waals surface area (Å²) in [5.41, 5.74) is 0. The molecule has 0 heterocycles. The second kappa shape index (κ2) is 16.1. The van der Waals surface area contributed by atoms with Crippen LogP contribution in [0.25, 0.3) is 0 Å². The average Bonchev–Trinajstić information content (AvgIpc) is 2.08. The summed E-state index contributed by atoms with van der Waals surface area (Å²) < 4.78 is 0. The SMILES string of the molecule is CP(C)O.[I][Ru][I].c1ccccc1. The van der Waals surface area contributed by atoms with Crippen molar-refractivity contribution in [2.24, 2.45) is 0 Å². The Morgan fingerprint density at radius 3 is 1.08 bits per heavy atom. The summed E-state index contributed by atoms with van der Waals surface area (Å²) in [4.78, 5) is 8.12. The number of halogens is 2. The molecule has 0 fully saturated rings. The van der Waals surface area contributed by atoms with Crippen molar-refractivity contribution in [1.82, 2.24) is 0 Å². The molecule has 1 nitrogen and oxygen atoms in total. The van der Waals surface area contributed by atoms with Gasteiger partial charge in [-0.1, -0.05) is 36.4 Å². The zero-order valence-corrected chi connectivity index (χ0v) is 14.4. The summed E-state index contributed by atoms with van der Waals surface area (Å²) in [6.07, 6.45) is 0. The average molecular weight is 511 g/mol. The first kappa shape index (κ1) is 17.1. The Morgan fingerprint density at radius 2 is 1.00 bits per heavy atom. The van der Waals surface area contributed by atoms with Crippen LogP contribution in [0.1, 0.15) is 0 Å². The summed E-state index contributed by atoms with van der Waals surface area (Å²) in [7, 11) is 0.0296. The van der Waals surface area contributed by atoms with Gasteiger partial charge < -0.3 is 4.89 Å². The van der Waals surface area contributed by atoms with Crippen molar-refractivity contribution in [2.75, 3.05) is 13.3 Å². The summed E-state index contributed by atoms with van der Waals surface area (Å²) in [5.74, 6) is 0. The third-order valence-corrected chi connectivity index (χ3v) is 0.667. The number of hydrogen-bond acceptors (Lipinski definition) is 1. The first-order valence-electron chi connectivity index (χ1n) is 3.36. The van der Waals surface area contributed by atoms with Gasteiger partial charge in [-0.2, -0.15) is 0 Å². The molecule has 0 aliphatic rings. The van der Waals surface area contributed by atoms with Crippen molar-refractivity contribution in [3.8, 4) is 0 Å². The van der Waals surface area contributed by atoms with E-state index in [-0.39, 0.29) is 0 Å². The second-order valence-corrected chi connectivity index (χ2v) is 17.1. The third-order valence-electron chi connectivity index (χ3n) is 0.667. The van der Waals surface area contributed by atoms with Gasteiger partial charge in [0.1, 0.15) is 0 Å². The Labute approximate surface area is 111 Å². The molecule has 0 aliphatic carbocycles. The first-order valence-corrected chi connectivity index (χ1v) is 15.9. The van der Waals surface area contributed by atoms with Crippen LogP contribution in [0.2, 0.25) is 0 Å². The van der Waals surface area contributed by atoms with E-state index in [2.05, 4.69) is 39.5 Å². The molecule has 5 heteroatoms. The fourth-order valence-electron chi connectivity index (χ4n) is 0.385. The van der Waals surface area contributed by atoms with Crippen molar-refractivity contribution in [2.45, 2.75) is 0 Å². The fourth-order valence-corrected chi connectivity index (χ4v) is 0.385. The summed E-state index contributed by atoms with van der Waals surface area (Å²) >= 11 is 4.73. The van der Waals surface area contributed by atoms with E-state index in [0.717, 1.165) is 0 Å². The van der Waals surface area contributed by atoms with Gasteiger partial charge in [0.05, 0.1) is 0 Å². The van der Waals surface area contributed by atoms with E-state index in [4.69, 9.17) is 4.89 Å². The minimum atomic E-state index is -0.620. The van der Waals surface area contributed by atoms with Crippen molar-refractivity contribution < 1.29 is 15.0 Å². The Bertz CT molecular complexity index is 134. The van der Waals surface area contributed by atoms with E-state index in [1.165, 1.54) is 0 Å². The van der Waals surface area contributed by atoms with Gasteiger partial charge in [-0.25, -0.2) is 0 Å². The third kappa shape index (κ3) is 31.6. The summed E-state index contributed by atoms with van der Waals surface area (Å²) in [5, 5.41) is 0. The van der Waals surface area contributed by atoms with Crippen LogP contribution in [0, 0.1) is 0 Å². The largest absolute Gasteiger partial charge is 0.0623 e. The molecule has 0 aromatic heterocycles. The molecule has 0 saturated heterocycles. The van der Waals surface area contributed by atoms with Crippen LogP contribution >= 0.6 is 47.6 Å². The predicted octanol–water partition coefficient (Wildman–Crippen LogP) is 4.09. The maximum Gasteiger partial charge on any atom is -0.0623 e. The van der Waals surface area contributed by atoms with Crippen LogP contribution < -0.4 is 0 Å². The first-order chi connectivity index (χ1) is 6.15. The van der Waals surface area contributed by atoms with Crippen LogP contribution in [0.3, 0.4) is 0 Å². The summed E-state index contributed by atoms with van der Waals surface area (Å²) in [6, 6.07) is 12.0. The van der Waals surface area contributed by atoms with Gasteiger partial charge in [-0.05, 0) is 13.3 Å². The minimum Gasteiger partial charge on any atom is -0.0623 e. The van der Waals surface area contributed by atoms with E-state index in [1.807, 2.05) is 36.4 Å². The molecule has 0 spiro atoms. The molecule has 78 valence electrons. The molecule has 0 radical (unpaired) electrons. The van der Waals surface area contributed by atoms with E-state index in [1.54, 1.807) is 13.3 Å².